The van der Waals surface area contributed by atoms with E-state index in [1.807, 2.05) is 36.4 Å². The smallest absolute Gasteiger partial charge is 0.119 e. The first-order valence-electron chi connectivity index (χ1n) is 5.12. The Morgan fingerprint density at radius 1 is 0.706 bits per heavy atom. The number of hydrogen-bond acceptors (Lipinski definition) is 2. The van der Waals surface area contributed by atoms with E-state index >= 15 is 0 Å². The van der Waals surface area contributed by atoms with Gasteiger partial charge in [-0.2, -0.15) is 13.5 Å². The summed E-state index contributed by atoms with van der Waals surface area (Å²) < 4.78 is 10.4. The Kier molecular flexibility index (Phi) is 4.91. The monoisotopic (exact) mass is 248 g/mol. The molecule has 90 valence electrons. The molecule has 0 atom stereocenters. The summed E-state index contributed by atoms with van der Waals surface area (Å²) in [5.74, 6) is 1.72. The van der Waals surface area contributed by atoms with E-state index < -0.39 is 0 Å². The Bertz CT molecular complexity index is 438. The van der Waals surface area contributed by atoms with Crippen molar-refractivity contribution >= 4 is 13.5 Å². The highest BCUT2D eigenvalue weighted by molar-refractivity contribution is 7.59. The van der Waals surface area contributed by atoms with Gasteiger partial charge in [-0.25, -0.2) is 0 Å². The third-order valence-electron chi connectivity index (χ3n) is 2.47. The van der Waals surface area contributed by atoms with Gasteiger partial charge in [-0.1, -0.05) is 24.3 Å². The van der Waals surface area contributed by atoms with Crippen molar-refractivity contribution in [3.05, 3.63) is 48.5 Å². The summed E-state index contributed by atoms with van der Waals surface area (Å²) in [6, 6.07) is 16.0. The molecule has 2 aromatic carbocycles. The van der Waals surface area contributed by atoms with Gasteiger partial charge in [0.2, 0.25) is 0 Å². The molecule has 0 N–H and O–H groups in total. The summed E-state index contributed by atoms with van der Waals surface area (Å²) in [4.78, 5) is 0. The second-order valence-corrected chi connectivity index (χ2v) is 3.46. The molecule has 0 aliphatic carbocycles. The molecular weight excluding hydrogens is 232 g/mol. The lowest BCUT2D eigenvalue weighted by Gasteiger charge is -2.06. The Morgan fingerprint density at radius 3 is 1.47 bits per heavy atom. The summed E-state index contributed by atoms with van der Waals surface area (Å²) in [5, 5.41) is 0. The Hall–Kier alpha value is -1.61. The average molecular weight is 248 g/mol. The lowest BCUT2D eigenvalue weighted by molar-refractivity contribution is 0.414. The van der Waals surface area contributed by atoms with Gasteiger partial charge < -0.3 is 9.47 Å². The molecule has 0 amide bonds. The van der Waals surface area contributed by atoms with E-state index in [0.29, 0.717) is 0 Å². The summed E-state index contributed by atoms with van der Waals surface area (Å²) in [5.41, 5.74) is 2.25. The molecule has 0 radical (unpaired) electrons. The van der Waals surface area contributed by atoms with E-state index in [9.17, 15) is 0 Å². The average Bonchev–Trinajstić information content (AvgIpc) is 2.39. The number of hydrogen-bond donors (Lipinski definition) is 0. The van der Waals surface area contributed by atoms with Crippen LogP contribution in [-0.2, 0) is 0 Å². The van der Waals surface area contributed by atoms with Crippen LogP contribution in [-0.4, -0.2) is 14.2 Å². The highest BCUT2D eigenvalue weighted by atomic mass is 32.1. The molecule has 0 saturated heterocycles. The van der Waals surface area contributed by atoms with Crippen LogP contribution >= 0.6 is 13.5 Å². The zero-order valence-corrected chi connectivity index (χ0v) is 10.9. The summed E-state index contributed by atoms with van der Waals surface area (Å²) in [6.45, 7) is 0. The van der Waals surface area contributed by atoms with Gasteiger partial charge in [-0.15, -0.1) is 0 Å². The van der Waals surface area contributed by atoms with E-state index in [-0.39, 0.29) is 13.5 Å². The van der Waals surface area contributed by atoms with Crippen molar-refractivity contribution in [1.82, 2.24) is 0 Å². The molecule has 0 unspecified atom stereocenters. The molecule has 0 bridgehead atoms. The first-order valence-corrected chi connectivity index (χ1v) is 5.12. The van der Waals surface area contributed by atoms with Crippen molar-refractivity contribution in [3.8, 4) is 22.6 Å². The molecule has 3 heteroatoms. The van der Waals surface area contributed by atoms with E-state index in [1.165, 1.54) is 0 Å². The maximum absolute atomic E-state index is 5.20. The van der Waals surface area contributed by atoms with Crippen molar-refractivity contribution in [3.63, 3.8) is 0 Å². The SMILES string of the molecule is COc1cccc(-c2cccc(OC)c2)c1.S. The van der Waals surface area contributed by atoms with Crippen LogP contribution < -0.4 is 9.47 Å². The first kappa shape index (κ1) is 13.5. The van der Waals surface area contributed by atoms with Crippen molar-refractivity contribution in [2.75, 3.05) is 14.2 Å². The fraction of sp³-hybridized carbons (Fsp3) is 0.143. The van der Waals surface area contributed by atoms with Crippen LogP contribution in [0, 0.1) is 0 Å². The largest absolute Gasteiger partial charge is 0.497 e. The Balaban J connectivity index is 0.00000144. The van der Waals surface area contributed by atoms with E-state index in [0.717, 1.165) is 22.6 Å². The number of ether oxygens (including phenoxy) is 2. The van der Waals surface area contributed by atoms with Gasteiger partial charge in [0.05, 0.1) is 14.2 Å². The summed E-state index contributed by atoms with van der Waals surface area (Å²) in [6.07, 6.45) is 0. The number of benzene rings is 2. The van der Waals surface area contributed by atoms with Crippen LogP contribution in [0.5, 0.6) is 11.5 Å². The molecule has 0 fully saturated rings. The molecule has 0 aliphatic rings. The van der Waals surface area contributed by atoms with Crippen LogP contribution in [0.25, 0.3) is 11.1 Å². The predicted octanol–water partition coefficient (Wildman–Crippen LogP) is 3.48. The molecule has 2 nitrogen and oxygen atoms in total. The highest BCUT2D eigenvalue weighted by Gasteiger charge is 2.00. The van der Waals surface area contributed by atoms with Crippen LogP contribution in [0.4, 0.5) is 0 Å². The molecule has 2 rings (SSSR count). The van der Waals surface area contributed by atoms with Crippen LogP contribution in [0.3, 0.4) is 0 Å². The minimum Gasteiger partial charge on any atom is -0.497 e. The molecule has 17 heavy (non-hydrogen) atoms. The third-order valence-corrected chi connectivity index (χ3v) is 2.47. The fourth-order valence-electron chi connectivity index (χ4n) is 1.61. The maximum atomic E-state index is 5.20. The lowest BCUT2D eigenvalue weighted by Crippen LogP contribution is -1.85. The minimum atomic E-state index is 0. The van der Waals surface area contributed by atoms with Crippen molar-refractivity contribution < 1.29 is 9.47 Å². The molecule has 0 saturated carbocycles. The van der Waals surface area contributed by atoms with Gasteiger partial charge in [0, 0.05) is 0 Å². The van der Waals surface area contributed by atoms with Gasteiger partial charge >= 0.3 is 0 Å². The van der Waals surface area contributed by atoms with Crippen LogP contribution in [0.15, 0.2) is 48.5 Å². The summed E-state index contributed by atoms with van der Waals surface area (Å²) in [7, 11) is 3.34. The van der Waals surface area contributed by atoms with Gasteiger partial charge in [-0.05, 0) is 35.4 Å². The van der Waals surface area contributed by atoms with Crippen molar-refractivity contribution in [2.45, 2.75) is 0 Å². The minimum absolute atomic E-state index is 0. The topological polar surface area (TPSA) is 18.5 Å². The quantitative estimate of drug-likeness (QED) is 0.828. The second-order valence-electron chi connectivity index (χ2n) is 3.46. The van der Waals surface area contributed by atoms with E-state index in [2.05, 4.69) is 12.1 Å². The maximum Gasteiger partial charge on any atom is 0.119 e. The molecule has 0 aliphatic heterocycles. The fourth-order valence-corrected chi connectivity index (χ4v) is 1.61. The van der Waals surface area contributed by atoms with Crippen LogP contribution in [0.2, 0.25) is 0 Å². The molecule has 0 heterocycles. The van der Waals surface area contributed by atoms with Gasteiger partial charge in [0.25, 0.3) is 0 Å². The first-order chi connectivity index (χ1) is 7.83. The molecule has 0 aromatic heterocycles. The normalized spacial score (nSPS) is 9.29. The molecular formula is C14H16O2S. The Labute approximate surface area is 109 Å². The van der Waals surface area contributed by atoms with E-state index in [4.69, 9.17) is 9.47 Å². The highest BCUT2D eigenvalue weighted by Crippen LogP contribution is 2.26. The van der Waals surface area contributed by atoms with Gasteiger partial charge in [0.15, 0.2) is 0 Å². The van der Waals surface area contributed by atoms with Crippen LogP contribution in [0.1, 0.15) is 0 Å². The van der Waals surface area contributed by atoms with Gasteiger partial charge in [-0.3, -0.25) is 0 Å². The zero-order valence-electron chi connectivity index (χ0n) is 9.94. The number of methoxy groups -OCH3 is 2. The zero-order chi connectivity index (χ0) is 11.4. The van der Waals surface area contributed by atoms with Crippen molar-refractivity contribution in [1.29, 1.82) is 0 Å². The van der Waals surface area contributed by atoms with E-state index in [1.54, 1.807) is 14.2 Å². The second kappa shape index (κ2) is 6.21. The van der Waals surface area contributed by atoms with Crippen molar-refractivity contribution in [2.24, 2.45) is 0 Å². The Morgan fingerprint density at radius 2 is 1.12 bits per heavy atom. The third kappa shape index (κ3) is 3.17. The summed E-state index contributed by atoms with van der Waals surface area (Å²) >= 11 is 0. The van der Waals surface area contributed by atoms with Gasteiger partial charge in [0.1, 0.15) is 11.5 Å². The lowest BCUT2D eigenvalue weighted by atomic mass is 10.1. The number of rotatable bonds is 3. The standard InChI is InChI=1S/C14H14O2.H2S/c1-15-13-7-3-5-11(9-13)12-6-4-8-14(10-12)16-2;/h3-10H,1-2H3;1H2. The predicted molar refractivity (Wildman–Crippen MR) is 75.4 cm³/mol. The molecule has 2 aromatic rings. The molecule has 0 spiro atoms.